The van der Waals surface area contributed by atoms with Gasteiger partial charge in [0.25, 0.3) is 0 Å². The number of fused-ring (bicyclic) bond motifs is 1. The number of aliphatic hydroxyl groups is 1. The van der Waals surface area contributed by atoms with E-state index in [2.05, 4.69) is 0 Å². The maximum Gasteiger partial charge on any atom is 0.379 e. The van der Waals surface area contributed by atoms with Gasteiger partial charge in [-0.2, -0.15) is 0 Å². The molecule has 1 N–H and O–H groups in total. The zero-order valence-electron chi connectivity index (χ0n) is 12.9. The molecule has 0 spiro atoms. The maximum absolute atomic E-state index is 12.7. The molecule has 0 aliphatic carbocycles. The van der Waals surface area contributed by atoms with Crippen molar-refractivity contribution in [2.45, 2.75) is 13.3 Å². The Kier molecular flexibility index (Phi) is 5.78. The fraction of sp³-hybridized carbons (Fsp3) is 0.294. The standard InChI is InChI=1S/C17H21O4P/c1-14(13-18)7-6-12-22(19,20-2)21-17-11-5-9-15-8-3-4-10-16(15)17/h3-5,7-11,18H,6,12-13H2,1-2H3/b14-7+. The Labute approximate surface area is 130 Å². The molecule has 0 saturated heterocycles. The molecule has 0 fully saturated rings. The average Bonchev–Trinajstić information content (AvgIpc) is 2.55. The molecule has 118 valence electrons. The fourth-order valence-corrected chi connectivity index (χ4v) is 3.39. The normalized spacial score (nSPS) is 14.8. The number of hydrogen-bond acceptors (Lipinski definition) is 4. The molecule has 0 aliphatic heterocycles. The topological polar surface area (TPSA) is 55.8 Å². The Hall–Kier alpha value is -1.61. The van der Waals surface area contributed by atoms with Crippen LogP contribution in [0, 0.1) is 0 Å². The highest BCUT2D eigenvalue weighted by Crippen LogP contribution is 2.49. The lowest BCUT2D eigenvalue weighted by Gasteiger charge is -2.18. The van der Waals surface area contributed by atoms with E-state index in [1.165, 1.54) is 7.11 Å². The summed E-state index contributed by atoms with van der Waals surface area (Å²) < 4.78 is 23.6. The first kappa shape index (κ1) is 16.8. The largest absolute Gasteiger partial charge is 0.424 e. The Morgan fingerprint density at radius 1 is 1.23 bits per heavy atom. The van der Waals surface area contributed by atoms with Gasteiger partial charge in [0.2, 0.25) is 0 Å². The molecular formula is C17H21O4P. The van der Waals surface area contributed by atoms with E-state index >= 15 is 0 Å². The third-order valence-electron chi connectivity index (χ3n) is 3.41. The molecular weight excluding hydrogens is 299 g/mol. The zero-order valence-corrected chi connectivity index (χ0v) is 13.8. The molecule has 0 heterocycles. The van der Waals surface area contributed by atoms with Crippen molar-refractivity contribution in [2.75, 3.05) is 19.9 Å². The monoisotopic (exact) mass is 320 g/mol. The minimum Gasteiger partial charge on any atom is -0.424 e. The maximum atomic E-state index is 12.7. The van der Waals surface area contributed by atoms with Crippen LogP contribution in [0.2, 0.25) is 0 Å². The minimum absolute atomic E-state index is 0.00145. The molecule has 2 rings (SSSR count). The van der Waals surface area contributed by atoms with E-state index in [1.54, 1.807) is 6.07 Å². The molecule has 1 atom stereocenters. The van der Waals surface area contributed by atoms with E-state index in [1.807, 2.05) is 49.4 Å². The summed E-state index contributed by atoms with van der Waals surface area (Å²) >= 11 is 0. The molecule has 0 aliphatic rings. The second-order valence-electron chi connectivity index (χ2n) is 5.08. The van der Waals surface area contributed by atoms with Crippen LogP contribution in [0.5, 0.6) is 5.75 Å². The van der Waals surface area contributed by atoms with Crippen LogP contribution in [0.4, 0.5) is 0 Å². The summed E-state index contributed by atoms with van der Waals surface area (Å²) in [6, 6.07) is 13.4. The van der Waals surface area contributed by atoms with Gasteiger partial charge in [-0.15, -0.1) is 0 Å². The molecule has 0 saturated carbocycles. The van der Waals surface area contributed by atoms with Crippen molar-refractivity contribution in [3.8, 4) is 5.75 Å². The number of aliphatic hydroxyl groups excluding tert-OH is 1. The minimum atomic E-state index is -3.22. The van der Waals surface area contributed by atoms with Crippen molar-refractivity contribution in [3.63, 3.8) is 0 Å². The summed E-state index contributed by atoms with van der Waals surface area (Å²) in [5, 5.41) is 10.9. The lowest BCUT2D eigenvalue weighted by Crippen LogP contribution is -2.00. The number of rotatable bonds is 7. The van der Waals surface area contributed by atoms with Gasteiger partial charge in [-0.25, -0.2) is 4.57 Å². The molecule has 2 aromatic rings. The summed E-state index contributed by atoms with van der Waals surface area (Å²) in [7, 11) is -1.82. The van der Waals surface area contributed by atoms with Crippen molar-refractivity contribution < 1.29 is 18.7 Å². The van der Waals surface area contributed by atoms with Crippen molar-refractivity contribution >= 4 is 18.4 Å². The molecule has 0 amide bonds. The summed E-state index contributed by atoms with van der Waals surface area (Å²) in [5.74, 6) is 0.561. The number of benzene rings is 2. The molecule has 2 aromatic carbocycles. The summed E-state index contributed by atoms with van der Waals surface area (Å²) in [5.41, 5.74) is 0.841. The van der Waals surface area contributed by atoms with Crippen LogP contribution in [0.25, 0.3) is 10.8 Å². The van der Waals surface area contributed by atoms with Crippen LogP contribution in [-0.4, -0.2) is 25.0 Å². The van der Waals surface area contributed by atoms with E-state index < -0.39 is 7.60 Å². The van der Waals surface area contributed by atoms with Gasteiger partial charge in [-0.05, 0) is 24.8 Å². The van der Waals surface area contributed by atoms with Crippen molar-refractivity contribution in [3.05, 3.63) is 54.1 Å². The van der Waals surface area contributed by atoms with Gasteiger partial charge in [-0.3, -0.25) is 0 Å². The lowest BCUT2D eigenvalue weighted by molar-refractivity contribution is 0.322. The van der Waals surface area contributed by atoms with Gasteiger partial charge in [0, 0.05) is 12.5 Å². The zero-order chi connectivity index (χ0) is 16.0. The highest BCUT2D eigenvalue weighted by atomic mass is 31.2. The Morgan fingerprint density at radius 3 is 2.68 bits per heavy atom. The molecule has 22 heavy (non-hydrogen) atoms. The molecule has 0 bridgehead atoms. The lowest BCUT2D eigenvalue weighted by atomic mass is 10.1. The fourth-order valence-electron chi connectivity index (χ4n) is 2.13. The predicted octanol–water partition coefficient (Wildman–Crippen LogP) is 4.39. The molecule has 0 radical (unpaired) electrons. The van der Waals surface area contributed by atoms with E-state index in [9.17, 15) is 4.57 Å². The summed E-state index contributed by atoms with van der Waals surface area (Å²) in [4.78, 5) is 0. The van der Waals surface area contributed by atoms with E-state index in [0.717, 1.165) is 16.3 Å². The van der Waals surface area contributed by atoms with E-state index in [-0.39, 0.29) is 12.8 Å². The van der Waals surface area contributed by atoms with E-state index in [4.69, 9.17) is 14.2 Å². The molecule has 4 nitrogen and oxygen atoms in total. The van der Waals surface area contributed by atoms with Gasteiger partial charge in [0.1, 0.15) is 5.75 Å². The molecule has 0 aromatic heterocycles. The summed E-state index contributed by atoms with van der Waals surface area (Å²) in [6.07, 6.45) is 2.64. The van der Waals surface area contributed by atoms with Crippen LogP contribution in [-0.2, 0) is 9.09 Å². The van der Waals surface area contributed by atoms with Crippen molar-refractivity contribution in [1.29, 1.82) is 0 Å². The van der Waals surface area contributed by atoms with Crippen molar-refractivity contribution in [1.82, 2.24) is 0 Å². The average molecular weight is 320 g/mol. The molecule has 5 heteroatoms. The SMILES string of the molecule is COP(=O)(CC/C=C(\C)CO)Oc1cccc2ccccc12. The van der Waals surface area contributed by atoms with Crippen LogP contribution in [0.3, 0.4) is 0 Å². The van der Waals surface area contributed by atoms with Gasteiger partial charge in [0.05, 0.1) is 12.8 Å². The molecule has 1 unspecified atom stereocenters. The number of hydrogen-bond donors (Lipinski definition) is 1. The second-order valence-corrected chi connectivity index (χ2v) is 7.30. The van der Waals surface area contributed by atoms with Gasteiger partial charge in [0.15, 0.2) is 0 Å². The van der Waals surface area contributed by atoms with Crippen LogP contribution in [0.15, 0.2) is 54.1 Å². The smallest absolute Gasteiger partial charge is 0.379 e. The third-order valence-corrected chi connectivity index (χ3v) is 5.25. The quantitative estimate of drug-likeness (QED) is 0.607. The van der Waals surface area contributed by atoms with Crippen LogP contribution < -0.4 is 4.52 Å². The van der Waals surface area contributed by atoms with Gasteiger partial charge in [-0.1, -0.05) is 48.0 Å². The van der Waals surface area contributed by atoms with Gasteiger partial charge < -0.3 is 14.2 Å². The Morgan fingerprint density at radius 2 is 1.95 bits per heavy atom. The highest BCUT2D eigenvalue weighted by molar-refractivity contribution is 7.54. The highest BCUT2D eigenvalue weighted by Gasteiger charge is 2.24. The van der Waals surface area contributed by atoms with Gasteiger partial charge >= 0.3 is 7.60 Å². The summed E-state index contributed by atoms with van der Waals surface area (Å²) in [6.45, 7) is 1.82. The van der Waals surface area contributed by atoms with E-state index in [0.29, 0.717) is 12.2 Å². The second kappa shape index (κ2) is 7.59. The van der Waals surface area contributed by atoms with Crippen molar-refractivity contribution in [2.24, 2.45) is 0 Å². The predicted molar refractivity (Wildman–Crippen MR) is 89.5 cm³/mol. The van der Waals surface area contributed by atoms with Crippen LogP contribution >= 0.6 is 7.60 Å². The first-order valence-corrected chi connectivity index (χ1v) is 8.89. The Balaban J connectivity index is 2.19. The van der Waals surface area contributed by atoms with Crippen LogP contribution in [0.1, 0.15) is 13.3 Å². The first-order valence-electron chi connectivity index (χ1n) is 7.16. The third kappa shape index (κ3) is 4.20. The Bertz CT molecular complexity index is 703. The first-order chi connectivity index (χ1) is 10.6. The number of allylic oxidation sites excluding steroid dienone is 1.